The minimum atomic E-state index is -1.02. The van der Waals surface area contributed by atoms with E-state index < -0.39 is 10.9 Å². The van der Waals surface area contributed by atoms with Gasteiger partial charge >= 0.3 is 5.97 Å². The molecular formula is C15H11ClN4O4. The average Bonchev–Trinajstić information content (AvgIpc) is 3.01. The lowest BCUT2D eigenvalue weighted by Gasteiger charge is -2.09. The van der Waals surface area contributed by atoms with E-state index in [1.807, 2.05) is 0 Å². The van der Waals surface area contributed by atoms with Gasteiger partial charge in [-0.15, -0.1) is 0 Å². The third kappa shape index (κ3) is 3.04. The van der Waals surface area contributed by atoms with Crippen molar-refractivity contribution in [3.63, 3.8) is 0 Å². The highest BCUT2D eigenvalue weighted by atomic mass is 35.5. The van der Waals surface area contributed by atoms with Crippen LogP contribution >= 0.6 is 11.6 Å². The minimum Gasteiger partial charge on any atom is -0.481 e. The number of non-ortho nitro benzene ring substituents is 1. The van der Waals surface area contributed by atoms with E-state index >= 15 is 0 Å². The van der Waals surface area contributed by atoms with Crippen LogP contribution in [0.25, 0.3) is 5.65 Å². The Morgan fingerprint density at radius 1 is 1.33 bits per heavy atom. The summed E-state index contributed by atoms with van der Waals surface area (Å²) in [6.45, 7) is 0. The van der Waals surface area contributed by atoms with Gasteiger partial charge in [-0.1, -0.05) is 23.7 Å². The molecule has 0 spiro atoms. The highest BCUT2D eigenvalue weighted by Gasteiger charge is 2.16. The van der Waals surface area contributed by atoms with E-state index in [-0.39, 0.29) is 17.3 Å². The number of benzene rings is 1. The van der Waals surface area contributed by atoms with E-state index in [4.69, 9.17) is 16.7 Å². The van der Waals surface area contributed by atoms with Crippen molar-refractivity contribution in [3.05, 3.63) is 68.9 Å². The molecule has 0 aliphatic rings. The number of hydrogen-bond donors (Lipinski definition) is 1. The molecule has 0 bridgehead atoms. The molecule has 2 heterocycles. The Bertz CT molecular complexity index is 937. The van der Waals surface area contributed by atoms with Crippen LogP contribution in [0, 0.1) is 10.1 Å². The molecule has 122 valence electrons. The molecule has 3 rings (SSSR count). The zero-order valence-corrected chi connectivity index (χ0v) is 13.0. The molecule has 24 heavy (non-hydrogen) atoms. The molecule has 0 unspecified atom stereocenters. The lowest BCUT2D eigenvalue weighted by atomic mass is 10.1. The fourth-order valence-corrected chi connectivity index (χ4v) is 2.66. The minimum absolute atomic E-state index is 0.00863. The van der Waals surface area contributed by atoms with Crippen LogP contribution in [0.15, 0.2) is 36.7 Å². The second-order valence-corrected chi connectivity index (χ2v) is 5.45. The summed E-state index contributed by atoms with van der Waals surface area (Å²) in [4.78, 5) is 29.6. The lowest BCUT2D eigenvalue weighted by molar-refractivity contribution is -0.384. The number of nitrogens with zero attached hydrogens (tertiary/aromatic N) is 4. The normalized spacial score (nSPS) is 10.9. The summed E-state index contributed by atoms with van der Waals surface area (Å²) in [5.41, 5.74) is 1.61. The van der Waals surface area contributed by atoms with Crippen molar-refractivity contribution < 1.29 is 14.8 Å². The van der Waals surface area contributed by atoms with Gasteiger partial charge in [0.1, 0.15) is 16.6 Å². The Kier molecular flexibility index (Phi) is 4.13. The van der Waals surface area contributed by atoms with Gasteiger partial charge in [0.25, 0.3) is 5.69 Å². The van der Waals surface area contributed by atoms with Gasteiger partial charge in [-0.25, -0.2) is 9.97 Å². The largest absolute Gasteiger partial charge is 0.481 e. The molecule has 3 aromatic rings. The van der Waals surface area contributed by atoms with E-state index in [1.54, 1.807) is 22.7 Å². The summed E-state index contributed by atoms with van der Waals surface area (Å²) in [6, 6.07) is 6.12. The van der Waals surface area contributed by atoms with Gasteiger partial charge in [-0.05, 0) is 5.56 Å². The van der Waals surface area contributed by atoms with Crippen molar-refractivity contribution in [3.8, 4) is 0 Å². The Balaban J connectivity index is 1.99. The van der Waals surface area contributed by atoms with Crippen LogP contribution in [0.4, 0.5) is 5.69 Å². The summed E-state index contributed by atoms with van der Waals surface area (Å²) in [5.74, 6) is -0.456. The van der Waals surface area contributed by atoms with Crippen LogP contribution in [0.5, 0.6) is 0 Å². The zero-order chi connectivity index (χ0) is 17.3. The van der Waals surface area contributed by atoms with Crippen LogP contribution in [-0.2, 0) is 17.6 Å². The van der Waals surface area contributed by atoms with Crippen molar-refractivity contribution in [2.75, 3.05) is 0 Å². The maximum absolute atomic E-state index is 11.0. The first-order valence-electron chi connectivity index (χ1n) is 6.91. The number of rotatable bonds is 5. The Hall–Kier alpha value is -3.00. The van der Waals surface area contributed by atoms with Crippen molar-refractivity contribution in [2.45, 2.75) is 12.8 Å². The average molecular weight is 347 g/mol. The number of nitro benzene ring substituents is 1. The first-order chi connectivity index (χ1) is 11.5. The molecule has 0 saturated carbocycles. The van der Waals surface area contributed by atoms with E-state index in [9.17, 15) is 14.9 Å². The van der Waals surface area contributed by atoms with Gasteiger partial charge in [0.05, 0.1) is 11.3 Å². The Labute approximate surface area is 140 Å². The first kappa shape index (κ1) is 15.9. The molecule has 1 aromatic carbocycles. The van der Waals surface area contributed by atoms with Crippen LogP contribution in [-0.4, -0.2) is 30.4 Å². The molecule has 8 nitrogen and oxygen atoms in total. The summed E-state index contributed by atoms with van der Waals surface area (Å²) in [6.07, 6.45) is 3.31. The Morgan fingerprint density at radius 2 is 2.04 bits per heavy atom. The van der Waals surface area contributed by atoms with Gasteiger partial charge in [0.2, 0.25) is 0 Å². The van der Waals surface area contributed by atoms with Crippen molar-refractivity contribution >= 4 is 28.9 Å². The van der Waals surface area contributed by atoms with E-state index in [1.165, 1.54) is 18.3 Å². The van der Waals surface area contributed by atoms with Gasteiger partial charge in [-0.3, -0.25) is 19.3 Å². The maximum Gasteiger partial charge on any atom is 0.308 e. The predicted molar refractivity (Wildman–Crippen MR) is 85.2 cm³/mol. The molecule has 2 aromatic heterocycles. The SMILES string of the molecule is O=C(O)Cc1c(Cl)nc(Cc2ccc([N+](=O)[O-])cc2)n2ccnc12. The number of imidazole rings is 1. The van der Waals surface area contributed by atoms with Crippen molar-refractivity contribution in [2.24, 2.45) is 0 Å². The molecule has 0 aliphatic heterocycles. The maximum atomic E-state index is 11.0. The van der Waals surface area contributed by atoms with Gasteiger partial charge in [-0.2, -0.15) is 0 Å². The molecule has 0 amide bonds. The molecule has 0 fully saturated rings. The molecule has 0 atom stereocenters. The number of carboxylic acid groups (broad SMARTS) is 1. The quantitative estimate of drug-likeness (QED) is 0.431. The fourth-order valence-electron chi connectivity index (χ4n) is 2.41. The van der Waals surface area contributed by atoms with Crippen LogP contribution in [0.2, 0.25) is 5.15 Å². The zero-order valence-electron chi connectivity index (χ0n) is 12.2. The summed E-state index contributed by atoms with van der Waals surface area (Å²) >= 11 is 6.13. The number of aromatic nitrogens is 3. The fraction of sp³-hybridized carbons (Fsp3) is 0.133. The van der Waals surface area contributed by atoms with E-state index in [0.717, 1.165) is 5.56 Å². The number of halogens is 1. The third-order valence-corrected chi connectivity index (χ3v) is 3.82. The number of carboxylic acids is 1. The number of carbonyl (C=O) groups is 1. The topological polar surface area (TPSA) is 111 Å². The van der Waals surface area contributed by atoms with Crippen molar-refractivity contribution in [1.82, 2.24) is 14.4 Å². The van der Waals surface area contributed by atoms with Crippen LogP contribution in [0.3, 0.4) is 0 Å². The molecule has 0 radical (unpaired) electrons. The summed E-state index contributed by atoms with van der Waals surface area (Å²) in [7, 11) is 0. The lowest BCUT2D eigenvalue weighted by Crippen LogP contribution is -2.09. The second kappa shape index (κ2) is 6.25. The molecule has 9 heteroatoms. The Morgan fingerprint density at radius 3 is 2.67 bits per heavy atom. The number of hydrogen-bond acceptors (Lipinski definition) is 5. The molecular weight excluding hydrogens is 336 g/mol. The number of aliphatic carboxylic acids is 1. The number of fused-ring (bicyclic) bond motifs is 1. The first-order valence-corrected chi connectivity index (χ1v) is 7.29. The van der Waals surface area contributed by atoms with Crippen molar-refractivity contribution in [1.29, 1.82) is 0 Å². The van der Waals surface area contributed by atoms with Crippen LogP contribution < -0.4 is 0 Å². The molecule has 0 aliphatic carbocycles. The van der Waals surface area contributed by atoms with Gasteiger partial charge in [0.15, 0.2) is 0 Å². The van der Waals surface area contributed by atoms with E-state index in [0.29, 0.717) is 23.5 Å². The van der Waals surface area contributed by atoms with E-state index in [2.05, 4.69) is 9.97 Å². The number of nitro groups is 1. The van der Waals surface area contributed by atoms with Gasteiger partial charge < -0.3 is 5.11 Å². The monoisotopic (exact) mass is 346 g/mol. The molecule has 1 N–H and O–H groups in total. The van der Waals surface area contributed by atoms with Gasteiger partial charge in [0, 0.05) is 36.5 Å². The standard InChI is InChI=1S/C15H11ClN4O4/c16-14-11(8-13(21)22)15-17-5-6-19(15)12(18-14)7-9-1-3-10(4-2-9)20(23)24/h1-6H,7-8H2,(H,21,22). The second-order valence-electron chi connectivity index (χ2n) is 5.09. The molecule has 0 saturated heterocycles. The third-order valence-electron chi connectivity index (χ3n) is 3.50. The smallest absolute Gasteiger partial charge is 0.308 e. The summed E-state index contributed by atoms with van der Waals surface area (Å²) < 4.78 is 1.67. The predicted octanol–water partition coefficient (Wildman–Crippen LogP) is 2.51. The van der Waals surface area contributed by atoms with Crippen LogP contribution in [0.1, 0.15) is 17.0 Å². The highest BCUT2D eigenvalue weighted by molar-refractivity contribution is 6.30. The highest BCUT2D eigenvalue weighted by Crippen LogP contribution is 2.22. The summed E-state index contributed by atoms with van der Waals surface area (Å²) in [5, 5.41) is 19.8.